The number of halogens is 1. The number of aromatic nitrogens is 2. The molecule has 1 heterocycles. The lowest BCUT2D eigenvalue weighted by molar-refractivity contribution is 0.750. The topological polar surface area (TPSA) is 37.8 Å². The number of rotatable bonds is 4. The van der Waals surface area contributed by atoms with E-state index in [1.807, 2.05) is 38.2 Å². The Bertz CT molecular complexity index is 614. The van der Waals surface area contributed by atoms with Crippen LogP contribution in [0.3, 0.4) is 0 Å². The lowest BCUT2D eigenvalue weighted by Crippen LogP contribution is -2.06. The van der Waals surface area contributed by atoms with Crippen LogP contribution >= 0.6 is 23.4 Å². The van der Waals surface area contributed by atoms with Gasteiger partial charge in [0.15, 0.2) is 0 Å². The molecule has 0 aliphatic heterocycles. The highest BCUT2D eigenvalue weighted by Crippen LogP contribution is 2.33. The van der Waals surface area contributed by atoms with E-state index in [-0.39, 0.29) is 0 Å². The third-order valence-corrected chi connectivity index (χ3v) is 4.20. The molecule has 1 aromatic heterocycles. The van der Waals surface area contributed by atoms with Crippen LogP contribution in [0.2, 0.25) is 5.02 Å². The van der Waals surface area contributed by atoms with Crippen molar-refractivity contribution in [3.63, 3.8) is 0 Å². The maximum absolute atomic E-state index is 6.03. The van der Waals surface area contributed by atoms with Gasteiger partial charge < -0.3 is 5.32 Å². The molecule has 2 rings (SSSR count). The maximum Gasteiger partial charge on any atom is 0.134 e. The third kappa shape index (κ3) is 3.44. The number of nitrogens with one attached hydrogen (secondary N) is 1. The zero-order valence-electron chi connectivity index (χ0n) is 12.1. The fourth-order valence-corrected chi connectivity index (χ4v) is 2.96. The molecule has 1 aromatic carbocycles. The van der Waals surface area contributed by atoms with Crippen LogP contribution in [-0.2, 0) is 0 Å². The molecule has 3 nitrogen and oxygen atoms in total. The molecule has 0 aliphatic rings. The molecule has 0 aliphatic carbocycles. The van der Waals surface area contributed by atoms with Crippen LogP contribution in [0.15, 0.2) is 34.2 Å². The summed E-state index contributed by atoms with van der Waals surface area (Å²) in [5, 5.41) is 4.84. The number of nitrogens with zero attached hydrogens (tertiary/aromatic N) is 2. The lowest BCUT2D eigenvalue weighted by atomic mass is 10.2. The summed E-state index contributed by atoms with van der Waals surface area (Å²) >= 11 is 7.65. The molecular formula is C15H18ClN3S. The number of hydrogen-bond donors (Lipinski definition) is 1. The second kappa shape index (κ2) is 6.46. The van der Waals surface area contributed by atoms with Crippen LogP contribution in [0, 0.1) is 6.92 Å². The first kappa shape index (κ1) is 15.1. The molecule has 0 saturated carbocycles. The summed E-state index contributed by atoms with van der Waals surface area (Å²) in [6.45, 7) is 6.22. The van der Waals surface area contributed by atoms with Gasteiger partial charge in [0.05, 0.1) is 0 Å². The van der Waals surface area contributed by atoms with Crippen molar-refractivity contribution < 1.29 is 0 Å². The van der Waals surface area contributed by atoms with E-state index in [0.717, 1.165) is 32.1 Å². The van der Waals surface area contributed by atoms with Crippen LogP contribution < -0.4 is 5.32 Å². The maximum atomic E-state index is 6.03. The average Bonchev–Trinajstić information content (AvgIpc) is 2.41. The Hall–Kier alpha value is -1.26. The first-order valence-corrected chi connectivity index (χ1v) is 7.70. The number of hydrogen-bond acceptors (Lipinski definition) is 4. The minimum absolute atomic E-state index is 0.293. The summed E-state index contributed by atoms with van der Waals surface area (Å²) < 4.78 is 0. The molecule has 0 saturated heterocycles. The quantitative estimate of drug-likeness (QED) is 0.827. The fraction of sp³-hybridized carbons (Fsp3) is 0.333. The van der Waals surface area contributed by atoms with Crippen LogP contribution in [0.4, 0.5) is 5.82 Å². The van der Waals surface area contributed by atoms with Crippen LogP contribution in [0.5, 0.6) is 0 Å². The van der Waals surface area contributed by atoms with E-state index < -0.39 is 0 Å². The van der Waals surface area contributed by atoms with Gasteiger partial charge in [0.1, 0.15) is 16.7 Å². The molecule has 0 atom stereocenters. The minimum Gasteiger partial charge on any atom is -0.373 e. The van der Waals surface area contributed by atoms with Crippen molar-refractivity contribution in [1.29, 1.82) is 0 Å². The highest BCUT2D eigenvalue weighted by molar-refractivity contribution is 7.99. The summed E-state index contributed by atoms with van der Waals surface area (Å²) in [4.78, 5) is 10.3. The molecule has 0 fully saturated rings. The standard InChI is InChI=1S/C15H18ClN3S/c1-9(2)13-18-14(17-4)10(3)15(19-13)20-12-7-5-6-11(16)8-12/h5-9H,1-4H3,(H,17,18,19). The zero-order valence-corrected chi connectivity index (χ0v) is 13.6. The second-order valence-electron chi connectivity index (χ2n) is 4.82. The first-order valence-electron chi connectivity index (χ1n) is 6.51. The summed E-state index contributed by atoms with van der Waals surface area (Å²) in [6, 6.07) is 7.80. The van der Waals surface area contributed by atoms with Gasteiger partial charge in [-0.1, -0.05) is 43.3 Å². The average molecular weight is 308 g/mol. The van der Waals surface area contributed by atoms with E-state index >= 15 is 0 Å². The Morgan fingerprint density at radius 3 is 2.60 bits per heavy atom. The van der Waals surface area contributed by atoms with Crippen molar-refractivity contribution >= 4 is 29.2 Å². The van der Waals surface area contributed by atoms with Gasteiger partial charge in [0.2, 0.25) is 0 Å². The van der Waals surface area contributed by atoms with Crippen LogP contribution in [0.1, 0.15) is 31.2 Å². The highest BCUT2D eigenvalue weighted by atomic mass is 35.5. The van der Waals surface area contributed by atoms with E-state index in [0.29, 0.717) is 5.92 Å². The monoisotopic (exact) mass is 307 g/mol. The van der Waals surface area contributed by atoms with Crippen molar-refractivity contribution in [3.05, 3.63) is 40.7 Å². The van der Waals surface area contributed by atoms with E-state index in [9.17, 15) is 0 Å². The molecule has 2 aromatic rings. The van der Waals surface area contributed by atoms with Gasteiger partial charge in [-0.2, -0.15) is 0 Å². The predicted molar refractivity (Wildman–Crippen MR) is 86.0 cm³/mol. The lowest BCUT2D eigenvalue weighted by Gasteiger charge is -2.13. The molecule has 1 N–H and O–H groups in total. The number of benzene rings is 1. The molecular weight excluding hydrogens is 290 g/mol. The van der Waals surface area contributed by atoms with Crippen molar-refractivity contribution in [2.75, 3.05) is 12.4 Å². The third-order valence-electron chi connectivity index (χ3n) is 2.88. The summed E-state index contributed by atoms with van der Waals surface area (Å²) in [6.07, 6.45) is 0. The molecule has 0 unspecified atom stereocenters. The molecule has 0 radical (unpaired) electrons. The van der Waals surface area contributed by atoms with E-state index in [1.54, 1.807) is 11.8 Å². The summed E-state index contributed by atoms with van der Waals surface area (Å²) in [5.74, 6) is 2.03. The van der Waals surface area contributed by atoms with Crippen LogP contribution in [0.25, 0.3) is 0 Å². The van der Waals surface area contributed by atoms with Crippen LogP contribution in [-0.4, -0.2) is 17.0 Å². The fourth-order valence-electron chi connectivity index (χ4n) is 1.76. The Balaban J connectivity index is 2.42. The zero-order chi connectivity index (χ0) is 14.7. The van der Waals surface area contributed by atoms with E-state index in [1.165, 1.54) is 0 Å². The van der Waals surface area contributed by atoms with Gasteiger partial charge in [-0.05, 0) is 25.1 Å². The molecule has 0 spiro atoms. The Labute approximate surface area is 129 Å². The Morgan fingerprint density at radius 2 is 2.00 bits per heavy atom. The van der Waals surface area contributed by atoms with Gasteiger partial charge in [0.25, 0.3) is 0 Å². The van der Waals surface area contributed by atoms with Crippen molar-refractivity contribution in [3.8, 4) is 0 Å². The smallest absolute Gasteiger partial charge is 0.134 e. The van der Waals surface area contributed by atoms with Gasteiger partial charge in [-0.15, -0.1) is 0 Å². The SMILES string of the molecule is CNc1nc(C(C)C)nc(Sc2cccc(Cl)c2)c1C. The molecule has 106 valence electrons. The molecule has 0 bridgehead atoms. The van der Waals surface area contributed by atoms with E-state index in [4.69, 9.17) is 11.6 Å². The van der Waals surface area contributed by atoms with Gasteiger partial charge in [-0.25, -0.2) is 9.97 Å². The van der Waals surface area contributed by atoms with Crippen molar-refractivity contribution in [2.45, 2.75) is 36.6 Å². The normalized spacial score (nSPS) is 10.9. The van der Waals surface area contributed by atoms with Gasteiger partial charge in [0, 0.05) is 28.4 Å². The first-order chi connectivity index (χ1) is 9.51. The Kier molecular flexibility index (Phi) is 4.89. The molecule has 5 heteroatoms. The molecule has 20 heavy (non-hydrogen) atoms. The van der Waals surface area contributed by atoms with Gasteiger partial charge >= 0.3 is 0 Å². The second-order valence-corrected chi connectivity index (χ2v) is 6.32. The van der Waals surface area contributed by atoms with E-state index in [2.05, 4.69) is 29.1 Å². The van der Waals surface area contributed by atoms with Gasteiger partial charge in [-0.3, -0.25) is 0 Å². The predicted octanol–water partition coefficient (Wildman–Crippen LogP) is 4.75. The molecule has 0 amide bonds. The number of anilines is 1. The Morgan fingerprint density at radius 1 is 1.25 bits per heavy atom. The van der Waals surface area contributed by atoms with Crippen molar-refractivity contribution in [2.24, 2.45) is 0 Å². The summed E-state index contributed by atoms with van der Waals surface area (Å²) in [7, 11) is 1.88. The minimum atomic E-state index is 0.293. The highest BCUT2D eigenvalue weighted by Gasteiger charge is 2.13. The van der Waals surface area contributed by atoms with Crippen molar-refractivity contribution in [1.82, 2.24) is 9.97 Å². The summed E-state index contributed by atoms with van der Waals surface area (Å²) in [5.41, 5.74) is 1.06. The largest absolute Gasteiger partial charge is 0.373 e.